The van der Waals surface area contributed by atoms with E-state index in [1.54, 1.807) is 41.5 Å². The van der Waals surface area contributed by atoms with Gasteiger partial charge in [0.05, 0.1) is 24.6 Å². The Morgan fingerprint density at radius 2 is 2.11 bits per heavy atom. The van der Waals surface area contributed by atoms with E-state index in [-0.39, 0.29) is 30.6 Å². The first-order valence-electron chi connectivity index (χ1n) is 8.43. The number of carbonyl (C=O) groups is 3. The summed E-state index contributed by atoms with van der Waals surface area (Å²) in [6, 6.07) is 6.92. The highest BCUT2D eigenvalue weighted by Gasteiger charge is 2.35. The molecule has 1 saturated heterocycles. The van der Waals surface area contributed by atoms with Crippen molar-refractivity contribution in [3.05, 3.63) is 40.4 Å². The Hall–Kier alpha value is -2.45. The van der Waals surface area contributed by atoms with E-state index in [9.17, 15) is 14.4 Å². The number of ether oxygens (including phenoxy) is 1. The molecule has 0 unspecified atom stereocenters. The third-order valence-corrected chi connectivity index (χ3v) is 5.11. The van der Waals surface area contributed by atoms with Crippen molar-refractivity contribution in [2.45, 2.75) is 19.8 Å². The van der Waals surface area contributed by atoms with Gasteiger partial charge >= 0.3 is 5.97 Å². The predicted octanol–water partition coefficient (Wildman–Crippen LogP) is 2.89. The molecular weight excluding hydrogens is 390 g/mol. The van der Waals surface area contributed by atoms with Crippen LogP contribution < -0.4 is 10.2 Å². The minimum atomic E-state index is -0.467. The number of thiazole rings is 1. The van der Waals surface area contributed by atoms with E-state index in [0.29, 0.717) is 34.7 Å². The molecule has 2 aromatic rings. The number of aromatic nitrogens is 1. The first-order chi connectivity index (χ1) is 13.0. The van der Waals surface area contributed by atoms with Crippen LogP contribution in [0.1, 0.15) is 19.0 Å². The quantitative estimate of drug-likeness (QED) is 0.744. The highest BCUT2D eigenvalue weighted by Crippen LogP contribution is 2.27. The lowest BCUT2D eigenvalue weighted by atomic mass is 10.1. The summed E-state index contributed by atoms with van der Waals surface area (Å²) >= 11 is 7.11. The van der Waals surface area contributed by atoms with Gasteiger partial charge in [0.15, 0.2) is 5.13 Å². The van der Waals surface area contributed by atoms with E-state index in [0.717, 1.165) is 0 Å². The molecule has 2 heterocycles. The molecule has 0 bridgehead atoms. The van der Waals surface area contributed by atoms with E-state index in [1.807, 2.05) is 0 Å². The summed E-state index contributed by atoms with van der Waals surface area (Å²) in [6.07, 6.45) is 0.196. The summed E-state index contributed by atoms with van der Waals surface area (Å²) < 4.78 is 4.88. The normalized spacial score (nSPS) is 16.4. The lowest BCUT2D eigenvalue weighted by Crippen LogP contribution is -2.28. The number of rotatable bonds is 6. The summed E-state index contributed by atoms with van der Waals surface area (Å²) in [6.45, 7) is 2.35. The van der Waals surface area contributed by atoms with E-state index in [1.165, 1.54) is 11.3 Å². The smallest absolute Gasteiger partial charge is 0.311 e. The number of hydrogen-bond acceptors (Lipinski definition) is 6. The zero-order valence-corrected chi connectivity index (χ0v) is 16.2. The molecule has 2 amide bonds. The number of benzene rings is 1. The molecule has 0 radical (unpaired) electrons. The topological polar surface area (TPSA) is 88.6 Å². The molecule has 7 nitrogen and oxygen atoms in total. The molecule has 142 valence electrons. The van der Waals surface area contributed by atoms with Gasteiger partial charge in [-0.05, 0) is 31.2 Å². The Bertz CT molecular complexity index is 853. The number of amides is 2. The van der Waals surface area contributed by atoms with E-state index in [2.05, 4.69) is 10.3 Å². The molecule has 1 aromatic carbocycles. The van der Waals surface area contributed by atoms with Crippen molar-refractivity contribution in [3.63, 3.8) is 0 Å². The first-order valence-corrected chi connectivity index (χ1v) is 9.69. The zero-order chi connectivity index (χ0) is 19.4. The van der Waals surface area contributed by atoms with Gasteiger partial charge in [-0.2, -0.15) is 0 Å². The van der Waals surface area contributed by atoms with Crippen LogP contribution in [0.25, 0.3) is 0 Å². The summed E-state index contributed by atoms with van der Waals surface area (Å²) in [4.78, 5) is 42.0. The maximum Gasteiger partial charge on any atom is 0.311 e. The van der Waals surface area contributed by atoms with Crippen LogP contribution in [0.3, 0.4) is 0 Å². The van der Waals surface area contributed by atoms with Crippen molar-refractivity contribution in [3.8, 4) is 0 Å². The summed E-state index contributed by atoms with van der Waals surface area (Å²) in [7, 11) is 0. The monoisotopic (exact) mass is 407 g/mol. The minimum Gasteiger partial charge on any atom is -0.466 e. The third-order valence-electron chi connectivity index (χ3n) is 4.05. The Balaban J connectivity index is 1.59. The largest absolute Gasteiger partial charge is 0.466 e. The second kappa shape index (κ2) is 8.49. The van der Waals surface area contributed by atoms with E-state index < -0.39 is 5.92 Å². The van der Waals surface area contributed by atoms with Crippen LogP contribution in [0, 0.1) is 5.92 Å². The van der Waals surface area contributed by atoms with E-state index in [4.69, 9.17) is 16.3 Å². The molecule has 1 aromatic heterocycles. The standard InChI is InChI=1S/C18H18ClN3O4S/c1-2-26-16(24)8-13-10-27-18(20-13)21-17(25)11-7-15(23)22(9-11)14-5-3-12(19)4-6-14/h3-6,10-11H,2,7-9H2,1H3,(H,20,21,25)/t11-/m1/s1. The lowest BCUT2D eigenvalue weighted by molar-refractivity contribution is -0.142. The number of nitrogens with zero attached hydrogens (tertiary/aromatic N) is 2. The third kappa shape index (κ3) is 4.84. The van der Waals surface area contributed by atoms with Crippen LogP contribution in [0.15, 0.2) is 29.6 Å². The lowest BCUT2D eigenvalue weighted by Gasteiger charge is -2.16. The molecular formula is C18H18ClN3O4S. The van der Waals surface area contributed by atoms with Gasteiger partial charge in [-0.3, -0.25) is 14.4 Å². The average molecular weight is 408 g/mol. The number of nitrogens with one attached hydrogen (secondary N) is 1. The van der Waals surface area contributed by atoms with Gasteiger partial charge in [-0.1, -0.05) is 11.6 Å². The van der Waals surface area contributed by atoms with Crippen LogP contribution in [0.5, 0.6) is 0 Å². The fourth-order valence-corrected chi connectivity index (χ4v) is 3.61. The number of carbonyl (C=O) groups excluding carboxylic acids is 3. The molecule has 0 aliphatic carbocycles. The molecule has 1 N–H and O–H groups in total. The highest BCUT2D eigenvalue weighted by molar-refractivity contribution is 7.13. The maximum atomic E-state index is 12.5. The number of anilines is 2. The SMILES string of the molecule is CCOC(=O)Cc1csc(NC(=O)[C@@H]2CC(=O)N(c3ccc(Cl)cc3)C2)n1. The second-order valence-corrected chi connectivity index (χ2v) is 7.29. The molecule has 3 rings (SSSR count). The van der Waals surface area contributed by atoms with Gasteiger partial charge < -0.3 is 15.0 Å². The van der Waals surface area contributed by atoms with Gasteiger partial charge in [0.1, 0.15) is 0 Å². The fourth-order valence-electron chi connectivity index (χ4n) is 2.77. The van der Waals surface area contributed by atoms with Crippen molar-refractivity contribution in [2.75, 3.05) is 23.4 Å². The van der Waals surface area contributed by atoms with Crippen LogP contribution >= 0.6 is 22.9 Å². The van der Waals surface area contributed by atoms with Crippen LogP contribution in [0.2, 0.25) is 5.02 Å². The van der Waals surface area contributed by atoms with Crippen molar-refractivity contribution in [1.82, 2.24) is 4.98 Å². The van der Waals surface area contributed by atoms with E-state index >= 15 is 0 Å². The zero-order valence-electron chi connectivity index (χ0n) is 14.6. The predicted molar refractivity (Wildman–Crippen MR) is 103 cm³/mol. The average Bonchev–Trinajstić information content (AvgIpc) is 3.22. The van der Waals surface area contributed by atoms with Gasteiger partial charge in [-0.25, -0.2) is 4.98 Å². The van der Waals surface area contributed by atoms with Gasteiger partial charge in [0, 0.05) is 29.1 Å². The Morgan fingerprint density at radius 1 is 1.37 bits per heavy atom. The molecule has 0 spiro atoms. The summed E-state index contributed by atoms with van der Waals surface area (Å²) in [5, 5.41) is 5.41. The minimum absolute atomic E-state index is 0.0620. The molecule has 1 atom stereocenters. The van der Waals surface area contributed by atoms with Crippen LogP contribution in [-0.2, 0) is 25.5 Å². The first kappa shape index (κ1) is 19.3. The second-order valence-electron chi connectivity index (χ2n) is 6.00. The van der Waals surface area contributed by atoms with Gasteiger partial charge in [0.2, 0.25) is 11.8 Å². The van der Waals surface area contributed by atoms with Crippen LogP contribution in [0.4, 0.5) is 10.8 Å². The van der Waals surface area contributed by atoms with Gasteiger partial charge in [0.25, 0.3) is 0 Å². The van der Waals surface area contributed by atoms with Crippen molar-refractivity contribution >= 4 is 51.5 Å². The molecule has 1 aliphatic rings. The fraction of sp³-hybridized carbons (Fsp3) is 0.333. The van der Waals surface area contributed by atoms with Crippen molar-refractivity contribution in [2.24, 2.45) is 5.92 Å². The summed E-state index contributed by atoms with van der Waals surface area (Å²) in [5.74, 6) is -1.21. The molecule has 27 heavy (non-hydrogen) atoms. The summed E-state index contributed by atoms with van der Waals surface area (Å²) in [5.41, 5.74) is 1.25. The number of hydrogen-bond donors (Lipinski definition) is 1. The Kier molecular flexibility index (Phi) is 6.08. The van der Waals surface area contributed by atoms with Crippen molar-refractivity contribution < 1.29 is 19.1 Å². The molecule has 1 aliphatic heterocycles. The molecule has 0 saturated carbocycles. The molecule has 1 fully saturated rings. The molecule has 9 heteroatoms. The number of halogens is 1. The van der Waals surface area contributed by atoms with Crippen molar-refractivity contribution in [1.29, 1.82) is 0 Å². The highest BCUT2D eigenvalue weighted by atomic mass is 35.5. The Labute approximate surface area is 165 Å². The Morgan fingerprint density at radius 3 is 2.81 bits per heavy atom. The van der Waals surface area contributed by atoms with Gasteiger partial charge in [-0.15, -0.1) is 11.3 Å². The maximum absolute atomic E-state index is 12.5. The van der Waals surface area contributed by atoms with Crippen LogP contribution in [-0.4, -0.2) is 35.9 Å². The number of esters is 1.